The Bertz CT molecular complexity index is 318. The molecule has 0 atom stereocenters. The van der Waals surface area contributed by atoms with E-state index in [4.69, 9.17) is 0 Å². The number of aromatic nitrogens is 1. The molecule has 0 aliphatic rings. The summed E-state index contributed by atoms with van der Waals surface area (Å²) in [5.74, 6) is -0.283. The van der Waals surface area contributed by atoms with Crippen LogP contribution in [0.2, 0.25) is 0 Å². The van der Waals surface area contributed by atoms with Gasteiger partial charge in [0.1, 0.15) is 0 Å². The number of H-pyrrole nitrogens is 1. The van der Waals surface area contributed by atoms with Crippen molar-refractivity contribution in [1.29, 1.82) is 0 Å². The highest BCUT2D eigenvalue weighted by atomic mass is 32.2. The lowest BCUT2D eigenvalue weighted by Gasteiger charge is -2.01. The summed E-state index contributed by atoms with van der Waals surface area (Å²) in [4.78, 5) is 13.2. The summed E-state index contributed by atoms with van der Waals surface area (Å²) in [6, 6.07) is 1.18. The zero-order valence-corrected chi connectivity index (χ0v) is 7.42. The molecule has 6 heteroatoms. The van der Waals surface area contributed by atoms with E-state index in [-0.39, 0.29) is 28.1 Å². The first-order valence-corrected chi connectivity index (χ1v) is 4.15. The minimum absolute atomic E-state index is 0.00213. The maximum atomic E-state index is 11.8. The molecule has 0 spiro atoms. The lowest BCUT2D eigenvalue weighted by Crippen LogP contribution is -1.98. The molecule has 0 aromatic carbocycles. The number of nitrogens with one attached hydrogen (secondary N) is 1. The van der Waals surface area contributed by atoms with Gasteiger partial charge < -0.3 is 4.98 Å². The molecule has 1 aromatic heterocycles. The number of aromatic amines is 1. The van der Waals surface area contributed by atoms with Crippen molar-refractivity contribution >= 4 is 17.5 Å². The molecule has 2 nitrogen and oxygen atoms in total. The van der Waals surface area contributed by atoms with Gasteiger partial charge in [-0.1, -0.05) is 0 Å². The van der Waals surface area contributed by atoms with Crippen LogP contribution in [0.15, 0.2) is 17.2 Å². The molecule has 0 radical (unpaired) electrons. The van der Waals surface area contributed by atoms with Gasteiger partial charge in [-0.15, -0.1) is 0 Å². The number of ketones is 1. The number of Topliss-reactive ketones (excluding diaryl/α,β-unsaturated/α-hetero) is 1. The third-order valence-electron chi connectivity index (χ3n) is 1.27. The van der Waals surface area contributed by atoms with Crippen LogP contribution in [0.25, 0.3) is 0 Å². The largest absolute Gasteiger partial charge is 0.446 e. The van der Waals surface area contributed by atoms with Gasteiger partial charge in [-0.3, -0.25) is 4.79 Å². The second-order valence-electron chi connectivity index (χ2n) is 2.35. The molecule has 1 heterocycles. The van der Waals surface area contributed by atoms with E-state index in [0.29, 0.717) is 0 Å². The summed E-state index contributed by atoms with van der Waals surface area (Å²) in [5.41, 5.74) is -4.12. The van der Waals surface area contributed by atoms with Gasteiger partial charge in [0.2, 0.25) is 0 Å². The van der Waals surface area contributed by atoms with Gasteiger partial charge in [0.15, 0.2) is 5.78 Å². The average molecular weight is 209 g/mol. The summed E-state index contributed by atoms with van der Waals surface area (Å²) < 4.78 is 35.4. The molecule has 72 valence electrons. The molecule has 0 saturated heterocycles. The van der Waals surface area contributed by atoms with Gasteiger partial charge in [0.25, 0.3) is 0 Å². The standard InChI is InChI=1S/C7H6F3NOS/c1-4(12)6-2-5(3-11-6)13-7(8,9)10/h2-3,11H,1H3. The lowest BCUT2D eigenvalue weighted by molar-refractivity contribution is -0.0328. The highest BCUT2D eigenvalue weighted by Gasteiger charge is 2.29. The maximum Gasteiger partial charge on any atom is 0.446 e. The van der Waals surface area contributed by atoms with Crippen molar-refractivity contribution in [3.05, 3.63) is 18.0 Å². The van der Waals surface area contributed by atoms with Gasteiger partial charge in [0.05, 0.1) is 5.69 Å². The van der Waals surface area contributed by atoms with Gasteiger partial charge >= 0.3 is 5.51 Å². The fraction of sp³-hybridized carbons (Fsp3) is 0.286. The van der Waals surface area contributed by atoms with Crippen LogP contribution in [-0.4, -0.2) is 16.3 Å². The highest BCUT2D eigenvalue weighted by molar-refractivity contribution is 8.00. The number of halogens is 3. The van der Waals surface area contributed by atoms with E-state index in [9.17, 15) is 18.0 Å². The van der Waals surface area contributed by atoms with Crippen LogP contribution in [0.3, 0.4) is 0 Å². The Morgan fingerprint density at radius 3 is 2.54 bits per heavy atom. The molecule has 0 aliphatic heterocycles. The van der Waals surface area contributed by atoms with Crippen LogP contribution < -0.4 is 0 Å². The smallest absolute Gasteiger partial charge is 0.358 e. The van der Waals surface area contributed by atoms with Crippen LogP contribution in [0, 0.1) is 0 Å². The summed E-state index contributed by atoms with van der Waals surface area (Å²) in [6.07, 6.45) is 1.16. The van der Waals surface area contributed by atoms with E-state index < -0.39 is 5.51 Å². The van der Waals surface area contributed by atoms with Crippen molar-refractivity contribution in [2.24, 2.45) is 0 Å². The van der Waals surface area contributed by atoms with Crippen molar-refractivity contribution < 1.29 is 18.0 Å². The number of hydrogen-bond donors (Lipinski definition) is 1. The predicted octanol–water partition coefficient (Wildman–Crippen LogP) is 2.83. The number of hydrogen-bond acceptors (Lipinski definition) is 2. The molecule has 13 heavy (non-hydrogen) atoms. The molecule has 1 aromatic rings. The van der Waals surface area contributed by atoms with Crippen molar-refractivity contribution in [1.82, 2.24) is 4.98 Å². The Morgan fingerprint density at radius 1 is 1.54 bits per heavy atom. The Kier molecular flexibility index (Phi) is 2.70. The molecule has 0 unspecified atom stereocenters. The van der Waals surface area contributed by atoms with Crippen LogP contribution in [0.5, 0.6) is 0 Å². The van der Waals surface area contributed by atoms with Crippen molar-refractivity contribution in [3.8, 4) is 0 Å². The minimum atomic E-state index is -4.31. The van der Waals surface area contributed by atoms with Crippen molar-refractivity contribution in [3.63, 3.8) is 0 Å². The monoisotopic (exact) mass is 209 g/mol. The second-order valence-corrected chi connectivity index (χ2v) is 3.49. The van der Waals surface area contributed by atoms with Crippen LogP contribution >= 0.6 is 11.8 Å². The SMILES string of the molecule is CC(=O)c1cc(SC(F)(F)F)c[nH]1. The normalized spacial score (nSPS) is 11.7. The fourth-order valence-corrected chi connectivity index (χ4v) is 1.33. The quantitative estimate of drug-likeness (QED) is 0.600. The zero-order chi connectivity index (χ0) is 10.1. The molecule has 0 saturated carbocycles. The third-order valence-corrected chi connectivity index (χ3v) is 1.97. The van der Waals surface area contributed by atoms with Crippen molar-refractivity contribution in [2.45, 2.75) is 17.3 Å². The molecule has 0 amide bonds. The summed E-state index contributed by atoms with van der Waals surface area (Å²) in [7, 11) is 0. The first kappa shape index (κ1) is 10.2. The first-order valence-electron chi connectivity index (χ1n) is 3.33. The molecular weight excluding hydrogens is 203 g/mol. The van der Waals surface area contributed by atoms with Gasteiger partial charge in [-0.25, -0.2) is 0 Å². The number of rotatable bonds is 2. The summed E-state index contributed by atoms with van der Waals surface area (Å²) in [5, 5.41) is 0. The molecule has 0 bridgehead atoms. The Hall–Kier alpha value is -0.910. The molecule has 1 rings (SSSR count). The number of carbonyl (C=O) groups excluding carboxylic acids is 1. The van der Waals surface area contributed by atoms with E-state index in [0.717, 1.165) is 6.20 Å². The van der Waals surface area contributed by atoms with E-state index in [1.54, 1.807) is 0 Å². The topological polar surface area (TPSA) is 32.9 Å². The van der Waals surface area contributed by atoms with E-state index >= 15 is 0 Å². The summed E-state index contributed by atoms with van der Waals surface area (Å²) in [6.45, 7) is 1.29. The Labute approximate surface area is 76.5 Å². The Balaban J connectivity index is 2.75. The maximum absolute atomic E-state index is 11.8. The first-order chi connectivity index (χ1) is 5.88. The highest BCUT2D eigenvalue weighted by Crippen LogP contribution is 2.36. The van der Waals surface area contributed by atoms with Crippen LogP contribution in [-0.2, 0) is 0 Å². The van der Waals surface area contributed by atoms with Crippen LogP contribution in [0.4, 0.5) is 13.2 Å². The van der Waals surface area contributed by atoms with E-state index in [1.807, 2.05) is 0 Å². The van der Waals surface area contributed by atoms with Crippen LogP contribution in [0.1, 0.15) is 17.4 Å². The third kappa shape index (κ3) is 3.14. The molecule has 1 N–H and O–H groups in total. The fourth-order valence-electron chi connectivity index (χ4n) is 0.770. The average Bonchev–Trinajstić information content (AvgIpc) is 2.31. The molecule has 0 fully saturated rings. The predicted molar refractivity (Wildman–Crippen MR) is 42.7 cm³/mol. The number of thioether (sulfide) groups is 1. The summed E-state index contributed by atoms with van der Waals surface area (Å²) >= 11 is -0.244. The van der Waals surface area contributed by atoms with E-state index in [2.05, 4.69) is 4.98 Å². The number of carbonyl (C=O) groups is 1. The van der Waals surface area contributed by atoms with Gasteiger partial charge in [0, 0.05) is 18.0 Å². The Morgan fingerprint density at radius 2 is 2.15 bits per heavy atom. The lowest BCUT2D eigenvalue weighted by atomic mass is 10.3. The van der Waals surface area contributed by atoms with Crippen molar-refractivity contribution in [2.75, 3.05) is 0 Å². The number of alkyl halides is 3. The van der Waals surface area contributed by atoms with E-state index in [1.165, 1.54) is 13.0 Å². The molecular formula is C7H6F3NOS. The van der Waals surface area contributed by atoms with Gasteiger partial charge in [-0.2, -0.15) is 13.2 Å². The van der Waals surface area contributed by atoms with Gasteiger partial charge in [-0.05, 0) is 17.8 Å². The zero-order valence-electron chi connectivity index (χ0n) is 6.61. The molecule has 0 aliphatic carbocycles. The second kappa shape index (κ2) is 3.45. The minimum Gasteiger partial charge on any atom is -0.358 e.